The van der Waals surface area contributed by atoms with Crippen LogP contribution < -0.4 is 0 Å². The summed E-state index contributed by atoms with van der Waals surface area (Å²) in [6, 6.07) is 58.6. The van der Waals surface area contributed by atoms with E-state index in [-0.39, 0.29) is 0 Å². The molecule has 1 heterocycles. The summed E-state index contributed by atoms with van der Waals surface area (Å²) in [7, 11) is 0. The van der Waals surface area contributed by atoms with Crippen LogP contribution in [0.2, 0.25) is 0 Å². The first-order valence-corrected chi connectivity index (χ1v) is 15.3. The lowest BCUT2D eigenvalue weighted by molar-refractivity contribution is 0.769. The van der Waals surface area contributed by atoms with Crippen molar-refractivity contribution in [2.45, 2.75) is 15.2 Å². The third-order valence-electron chi connectivity index (χ3n) is 9.13. The van der Waals surface area contributed by atoms with E-state index in [2.05, 4.69) is 158 Å². The molecule has 0 nitrogen and oxygen atoms in total. The second-order valence-electron chi connectivity index (χ2n) is 11.3. The van der Waals surface area contributed by atoms with Crippen molar-refractivity contribution in [1.82, 2.24) is 0 Å². The fourth-order valence-electron chi connectivity index (χ4n) is 7.38. The number of hydrogen-bond acceptors (Lipinski definition) is 1. The lowest BCUT2D eigenvalue weighted by Gasteiger charge is -2.34. The molecule has 1 heteroatoms. The quantitative estimate of drug-likeness (QED) is 0.211. The molecule has 0 amide bonds. The van der Waals surface area contributed by atoms with Crippen LogP contribution in [0.1, 0.15) is 22.3 Å². The molecule has 1 aliphatic heterocycles. The number of rotatable bonds is 3. The normalized spacial score (nSPS) is 13.8. The Balaban J connectivity index is 1.34. The summed E-state index contributed by atoms with van der Waals surface area (Å²) >= 11 is 1.88. The Morgan fingerprint density at radius 2 is 1.02 bits per heavy atom. The van der Waals surface area contributed by atoms with Crippen molar-refractivity contribution in [3.8, 4) is 33.4 Å². The van der Waals surface area contributed by atoms with Crippen molar-refractivity contribution in [3.05, 3.63) is 180 Å². The van der Waals surface area contributed by atoms with Gasteiger partial charge in [-0.3, -0.25) is 0 Å². The average Bonchev–Trinajstić information content (AvgIpc) is 3.36. The smallest absolute Gasteiger partial charge is 0.0713 e. The van der Waals surface area contributed by atoms with Gasteiger partial charge in [0, 0.05) is 15.2 Å². The molecule has 0 radical (unpaired) electrons. The maximum absolute atomic E-state index is 2.47. The zero-order valence-electron chi connectivity index (χ0n) is 22.9. The first-order valence-electron chi connectivity index (χ1n) is 14.5. The SMILES string of the molecule is c1ccc(C2(c3ccccc3)c3ccccc3-c3ccc(-c4cc5c6c(cccc6c4)Sc4ccccc4-5)cc32)cc1. The predicted octanol–water partition coefficient (Wildman–Crippen LogP) is 11.0. The van der Waals surface area contributed by atoms with Crippen LogP contribution in [0.25, 0.3) is 44.2 Å². The highest BCUT2D eigenvalue weighted by Gasteiger charge is 2.46. The third kappa shape index (κ3) is 3.26. The first kappa shape index (κ1) is 23.8. The Kier molecular flexibility index (Phi) is 5.15. The Morgan fingerprint density at radius 1 is 0.381 bits per heavy atom. The summed E-state index contributed by atoms with van der Waals surface area (Å²) in [6.45, 7) is 0. The molecule has 42 heavy (non-hydrogen) atoms. The van der Waals surface area contributed by atoms with Gasteiger partial charge < -0.3 is 0 Å². The maximum atomic E-state index is 2.47. The number of hydrogen-bond donors (Lipinski definition) is 0. The molecule has 0 bridgehead atoms. The van der Waals surface area contributed by atoms with Gasteiger partial charge in [-0.2, -0.15) is 0 Å². The van der Waals surface area contributed by atoms with Crippen molar-refractivity contribution in [3.63, 3.8) is 0 Å². The Hall–Kier alpha value is -4.85. The molecule has 0 spiro atoms. The van der Waals surface area contributed by atoms with Crippen molar-refractivity contribution >= 4 is 22.5 Å². The molecule has 0 fully saturated rings. The van der Waals surface area contributed by atoms with Gasteiger partial charge in [0.05, 0.1) is 5.41 Å². The molecule has 0 atom stereocenters. The van der Waals surface area contributed by atoms with E-state index in [9.17, 15) is 0 Å². The molecule has 7 aromatic rings. The fourth-order valence-corrected chi connectivity index (χ4v) is 8.53. The molecule has 196 valence electrons. The molecule has 0 saturated carbocycles. The molecular formula is C41H26S. The van der Waals surface area contributed by atoms with Crippen LogP contribution in [0.5, 0.6) is 0 Å². The third-order valence-corrected chi connectivity index (χ3v) is 10.3. The molecular weight excluding hydrogens is 525 g/mol. The minimum absolute atomic E-state index is 0.397. The van der Waals surface area contributed by atoms with Crippen molar-refractivity contribution in [2.75, 3.05) is 0 Å². The van der Waals surface area contributed by atoms with Crippen LogP contribution in [-0.4, -0.2) is 0 Å². The van der Waals surface area contributed by atoms with Crippen LogP contribution in [0.4, 0.5) is 0 Å². The van der Waals surface area contributed by atoms with Gasteiger partial charge in [-0.15, -0.1) is 0 Å². The molecule has 0 saturated heterocycles. The zero-order chi connectivity index (χ0) is 27.7. The summed E-state index contributed by atoms with van der Waals surface area (Å²) < 4.78 is 0. The van der Waals surface area contributed by atoms with Crippen molar-refractivity contribution in [2.24, 2.45) is 0 Å². The Labute approximate surface area is 250 Å². The van der Waals surface area contributed by atoms with Crippen LogP contribution >= 0.6 is 11.8 Å². The van der Waals surface area contributed by atoms with E-state index >= 15 is 0 Å². The molecule has 0 N–H and O–H groups in total. The van der Waals surface area contributed by atoms with Gasteiger partial charge in [0.2, 0.25) is 0 Å². The van der Waals surface area contributed by atoms with Gasteiger partial charge >= 0.3 is 0 Å². The van der Waals surface area contributed by atoms with Crippen LogP contribution in [0, 0.1) is 0 Å². The monoisotopic (exact) mass is 550 g/mol. The predicted molar refractivity (Wildman–Crippen MR) is 176 cm³/mol. The van der Waals surface area contributed by atoms with Crippen LogP contribution in [-0.2, 0) is 5.41 Å². The standard InChI is InChI=1S/C41H26S/c1-3-13-30(14-4-1)41(31-15-5-2-6-16-31)36-19-9-7-17-32(36)33-23-22-27(26-37(33)41)29-24-28-12-11-21-39-40(28)35(25-29)34-18-8-10-20-38(34)42-39/h1-26H. The van der Waals surface area contributed by atoms with E-state index in [1.54, 1.807) is 0 Å². The van der Waals surface area contributed by atoms with E-state index in [1.807, 2.05) is 11.8 Å². The van der Waals surface area contributed by atoms with Gasteiger partial charge in [-0.1, -0.05) is 139 Å². The Morgan fingerprint density at radius 3 is 1.81 bits per heavy atom. The van der Waals surface area contributed by atoms with E-state index in [4.69, 9.17) is 0 Å². The summed E-state index contributed by atoms with van der Waals surface area (Å²) in [4.78, 5) is 2.66. The highest BCUT2D eigenvalue weighted by molar-refractivity contribution is 7.99. The summed E-state index contributed by atoms with van der Waals surface area (Å²) in [6.07, 6.45) is 0. The number of fused-ring (bicyclic) bond motifs is 5. The van der Waals surface area contributed by atoms with E-state index in [0.29, 0.717) is 0 Å². The summed E-state index contributed by atoms with van der Waals surface area (Å²) in [5, 5.41) is 2.66. The van der Waals surface area contributed by atoms with Gasteiger partial charge in [0.15, 0.2) is 0 Å². The van der Waals surface area contributed by atoms with E-state index in [0.717, 1.165) is 0 Å². The van der Waals surface area contributed by atoms with Crippen LogP contribution in [0.15, 0.2) is 168 Å². The number of benzene rings is 7. The molecule has 2 aliphatic rings. The largest absolute Gasteiger partial charge is 0.0888 e. The van der Waals surface area contributed by atoms with E-state index in [1.165, 1.54) is 76.2 Å². The van der Waals surface area contributed by atoms with Gasteiger partial charge in [0.1, 0.15) is 0 Å². The van der Waals surface area contributed by atoms with E-state index < -0.39 is 5.41 Å². The maximum Gasteiger partial charge on any atom is 0.0713 e. The zero-order valence-corrected chi connectivity index (χ0v) is 23.7. The molecule has 0 aromatic heterocycles. The highest BCUT2D eigenvalue weighted by Crippen LogP contribution is 2.57. The topological polar surface area (TPSA) is 0 Å². The Bertz CT molecular complexity index is 2120. The molecule has 0 unspecified atom stereocenters. The highest BCUT2D eigenvalue weighted by atomic mass is 32.2. The second-order valence-corrected chi connectivity index (χ2v) is 12.3. The average molecular weight is 551 g/mol. The molecule has 7 aromatic carbocycles. The summed E-state index contributed by atoms with van der Waals surface area (Å²) in [5.41, 5.74) is 12.7. The van der Waals surface area contributed by atoms with Crippen molar-refractivity contribution in [1.29, 1.82) is 0 Å². The van der Waals surface area contributed by atoms with Crippen molar-refractivity contribution < 1.29 is 0 Å². The van der Waals surface area contributed by atoms with Gasteiger partial charge in [-0.05, 0) is 91.4 Å². The summed E-state index contributed by atoms with van der Waals surface area (Å²) in [5.74, 6) is 0. The minimum Gasteiger partial charge on any atom is -0.0888 e. The van der Waals surface area contributed by atoms with Gasteiger partial charge in [-0.25, -0.2) is 0 Å². The first-order chi connectivity index (χ1) is 20.8. The minimum atomic E-state index is -0.397. The lowest BCUT2D eigenvalue weighted by atomic mass is 9.67. The molecule has 9 rings (SSSR count). The van der Waals surface area contributed by atoms with Gasteiger partial charge in [0.25, 0.3) is 0 Å². The fraction of sp³-hybridized carbons (Fsp3) is 0.0244. The molecule has 1 aliphatic carbocycles. The van der Waals surface area contributed by atoms with Crippen LogP contribution in [0.3, 0.4) is 0 Å². The lowest BCUT2D eigenvalue weighted by Crippen LogP contribution is -2.28. The second kappa shape index (κ2) is 9.08.